The van der Waals surface area contributed by atoms with Crippen LogP contribution >= 0.6 is 0 Å². The standard InChI is InChI=1S/C16H10N6/c17-8-11(9-18)10-20-12-4-5-13-15(7-12)22-16(21-13)14-3-1-2-6-19-14/h1-7,10,20H,(H,21,22). The molecular formula is C16H10N6. The van der Waals surface area contributed by atoms with Crippen LogP contribution in [0.3, 0.4) is 0 Å². The van der Waals surface area contributed by atoms with Gasteiger partial charge in [0.05, 0.1) is 11.0 Å². The summed E-state index contributed by atoms with van der Waals surface area (Å²) in [5.41, 5.74) is 3.19. The maximum atomic E-state index is 8.70. The molecule has 0 saturated carbocycles. The number of hydrogen-bond donors (Lipinski definition) is 2. The Morgan fingerprint density at radius 3 is 2.77 bits per heavy atom. The lowest BCUT2D eigenvalue weighted by Crippen LogP contribution is -1.89. The Balaban J connectivity index is 1.93. The van der Waals surface area contributed by atoms with Gasteiger partial charge in [-0.25, -0.2) is 4.98 Å². The molecule has 0 spiro atoms. The molecule has 0 amide bonds. The van der Waals surface area contributed by atoms with E-state index in [0.717, 1.165) is 22.4 Å². The van der Waals surface area contributed by atoms with Crippen molar-refractivity contribution in [1.29, 1.82) is 10.5 Å². The molecule has 0 saturated heterocycles. The molecule has 104 valence electrons. The van der Waals surface area contributed by atoms with E-state index in [1.807, 2.05) is 36.4 Å². The number of pyridine rings is 1. The zero-order valence-electron chi connectivity index (χ0n) is 11.4. The number of nitrogens with zero attached hydrogens (tertiary/aromatic N) is 4. The number of rotatable bonds is 3. The molecule has 22 heavy (non-hydrogen) atoms. The summed E-state index contributed by atoms with van der Waals surface area (Å²) in [6, 6.07) is 14.8. The fraction of sp³-hybridized carbons (Fsp3) is 0. The van der Waals surface area contributed by atoms with Crippen molar-refractivity contribution < 1.29 is 0 Å². The lowest BCUT2D eigenvalue weighted by molar-refractivity contribution is 1.24. The second kappa shape index (κ2) is 5.78. The van der Waals surface area contributed by atoms with Gasteiger partial charge in [0.1, 0.15) is 23.4 Å². The van der Waals surface area contributed by atoms with Crippen LogP contribution in [0.1, 0.15) is 0 Å². The van der Waals surface area contributed by atoms with Gasteiger partial charge in [0.25, 0.3) is 0 Å². The van der Waals surface area contributed by atoms with Gasteiger partial charge >= 0.3 is 0 Å². The third kappa shape index (κ3) is 2.62. The summed E-state index contributed by atoms with van der Waals surface area (Å²) in [5, 5.41) is 20.3. The van der Waals surface area contributed by atoms with Crippen molar-refractivity contribution in [1.82, 2.24) is 15.0 Å². The van der Waals surface area contributed by atoms with Crippen molar-refractivity contribution in [3.05, 3.63) is 54.4 Å². The van der Waals surface area contributed by atoms with Gasteiger partial charge in [-0.3, -0.25) is 4.98 Å². The van der Waals surface area contributed by atoms with Crippen molar-refractivity contribution in [3.63, 3.8) is 0 Å². The lowest BCUT2D eigenvalue weighted by atomic mass is 10.2. The van der Waals surface area contributed by atoms with E-state index in [9.17, 15) is 0 Å². The average molecular weight is 286 g/mol. The van der Waals surface area contributed by atoms with Crippen molar-refractivity contribution in [2.45, 2.75) is 0 Å². The van der Waals surface area contributed by atoms with E-state index >= 15 is 0 Å². The third-order valence-corrected chi connectivity index (χ3v) is 3.01. The fourth-order valence-electron chi connectivity index (χ4n) is 1.97. The summed E-state index contributed by atoms with van der Waals surface area (Å²) in [6.45, 7) is 0. The number of imidazole rings is 1. The summed E-state index contributed by atoms with van der Waals surface area (Å²) in [5.74, 6) is 0.693. The first-order chi connectivity index (χ1) is 10.8. The molecule has 2 N–H and O–H groups in total. The van der Waals surface area contributed by atoms with Gasteiger partial charge < -0.3 is 10.3 Å². The highest BCUT2D eigenvalue weighted by Gasteiger charge is 2.06. The molecule has 0 aliphatic carbocycles. The second-order valence-electron chi connectivity index (χ2n) is 4.46. The maximum Gasteiger partial charge on any atom is 0.157 e. The van der Waals surface area contributed by atoms with Gasteiger partial charge in [-0.05, 0) is 30.3 Å². The van der Waals surface area contributed by atoms with E-state index in [1.54, 1.807) is 18.3 Å². The van der Waals surface area contributed by atoms with Crippen LogP contribution in [-0.2, 0) is 0 Å². The summed E-state index contributed by atoms with van der Waals surface area (Å²) in [7, 11) is 0. The van der Waals surface area contributed by atoms with Crippen LogP contribution in [0.2, 0.25) is 0 Å². The van der Waals surface area contributed by atoms with Crippen LogP contribution in [0.5, 0.6) is 0 Å². The quantitative estimate of drug-likeness (QED) is 0.721. The summed E-state index contributed by atoms with van der Waals surface area (Å²) < 4.78 is 0. The van der Waals surface area contributed by atoms with Crippen LogP contribution in [0.25, 0.3) is 22.6 Å². The number of nitrogens with one attached hydrogen (secondary N) is 2. The van der Waals surface area contributed by atoms with Crippen LogP contribution in [-0.4, -0.2) is 15.0 Å². The first-order valence-corrected chi connectivity index (χ1v) is 6.48. The highest BCUT2D eigenvalue weighted by Crippen LogP contribution is 2.21. The Hall–Kier alpha value is -3.64. The fourth-order valence-corrected chi connectivity index (χ4v) is 1.97. The molecule has 6 heteroatoms. The molecule has 3 aromatic rings. The van der Waals surface area contributed by atoms with Gasteiger partial charge in [0.15, 0.2) is 5.82 Å². The minimum atomic E-state index is 0.0129. The highest BCUT2D eigenvalue weighted by molar-refractivity contribution is 5.82. The van der Waals surface area contributed by atoms with Gasteiger partial charge in [0.2, 0.25) is 0 Å². The molecule has 0 unspecified atom stereocenters. The molecule has 0 bridgehead atoms. The van der Waals surface area contributed by atoms with Crippen LogP contribution in [0.15, 0.2) is 54.4 Å². The van der Waals surface area contributed by atoms with Crippen molar-refractivity contribution in [3.8, 4) is 23.7 Å². The molecule has 1 aromatic carbocycles. The predicted molar refractivity (Wildman–Crippen MR) is 82.3 cm³/mol. The molecule has 2 heterocycles. The van der Waals surface area contributed by atoms with E-state index in [-0.39, 0.29) is 5.57 Å². The van der Waals surface area contributed by atoms with E-state index in [4.69, 9.17) is 10.5 Å². The van der Waals surface area contributed by atoms with E-state index in [2.05, 4.69) is 20.3 Å². The minimum Gasteiger partial charge on any atom is -0.360 e. The highest BCUT2D eigenvalue weighted by atomic mass is 15.0. The Morgan fingerprint density at radius 1 is 1.18 bits per heavy atom. The van der Waals surface area contributed by atoms with E-state index < -0.39 is 0 Å². The van der Waals surface area contributed by atoms with E-state index in [1.165, 1.54) is 6.20 Å². The molecule has 0 fully saturated rings. The van der Waals surface area contributed by atoms with Crippen LogP contribution in [0, 0.1) is 22.7 Å². The largest absolute Gasteiger partial charge is 0.360 e. The zero-order chi connectivity index (χ0) is 15.4. The van der Waals surface area contributed by atoms with Crippen molar-refractivity contribution >= 4 is 16.7 Å². The molecular weight excluding hydrogens is 276 g/mol. The number of fused-ring (bicyclic) bond motifs is 1. The number of anilines is 1. The van der Waals surface area contributed by atoms with Gasteiger partial charge in [0, 0.05) is 18.1 Å². The molecule has 0 aliphatic rings. The minimum absolute atomic E-state index is 0.0129. The van der Waals surface area contributed by atoms with Crippen LogP contribution in [0.4, 0.5) is 5.69 Å². The third-order valence-electron chi connectivity index (χ3n) is 3.01. The summed E-state index contributed by atoms with van der Waals surface area (Å²) >= 11 is 0. The topological polar surface area (TPSA) is 101 Å². The van der Waals surface area contributed by atoms with Crippen molar-refractivity contribution in [2.75, 3.05) is 5.32 Å². The molecule has 0 aliphatic heterocycles. The second-order valence-corrected chi connectivity index (χ2v) is 4.46. The number of nitriles is 2. The Labute approximate surface area is 126 Å². The number of H-pyrrole nitrogens is 1. The monoisotopic (exact) mass is 286 g/mol. The molecule has 0 radical (unpaired) electrons. The van der Waals surface area contributed by atoms with Crippen molar-refractivity contribution in [2.24, 2.45) is 0 Å². The first-order valence-electron chi connectivity index (χ1n) is 6.48. The number of aromatic nitrogens is 3. The predicted octanol–water partition coefficient (Wildman–Crippen LogP) is 2.97. The summed E-state index contributed by atoms with van der Waals surface area (Å²) in [6.07, 6.45) is 3.09. The first kappa shape index (κ1) is 13.3. The number of hydrogen-bond acceptors (Lipinski definition) is 5. The number of aromatic amines is 1. The van der Waals surface area contributed by atoms with Gasteiger partial charge in [-0.1, -0.05) is 6.07 Å². The normalized spacial score (nSPS) is 9.73. The molecule has 0 atom stereocenters. The average Bonchev–Trinajstić information content (AvgIpc) is 3.00. The SMILES string of the molecule is N#CC(C#N)=CNc1ccc2nc(-c3ccccn3)[nH]c2c1. The lowest BCUT2D eigenvalue weighted by Gasteiger charge is -1.99. The summed E-state index contributed by atoms with van der Waals surface area (Å²) in [4.78, 5) is 11.9. The van der Waals surface area contributed by atoms with Gasteiger partial charge in [-0.2, -0.15) is 10.5 Å². The maximum absolute atomic E-state index is 8.70. The number of benzene rings is 1. The molecule has 2 aromatic heterocycles. The number of allylic oxidation sites excluding steroid dienone is 1. The Kier molecular flexibility index (Phi) is 3.51. The Morgan fingerprint density at radius 2 is 2.05 bits per heavy atom. The zero-order valence-corrected chi connectivity index (χ0v) is 11.4. The van der Waals surface area contributed by atoms with Crippen LogP contribution < -0.4 is 5.32 Å². The molecule has 6 nitrogen and oxygen atoms in total. The Bertz CT molecular complexity index is 909. The smallest absolute Gasteiger partial charge is 0.157 e. The van der Waals surface area contributed by atoms with Gasteiger partial charge in [-0.15, -0.1) is 0 Å². The molecule has 3 rings (SSSR count). The van der Waals surface area contributed by atoms with E-state index in [0.29, 0.717) is 5.82 Å².